The third-order valence-electron chi connectivity index (χ3n) is 2.46. The van der Waals surface area contributed by atoms with E-state index in [4.69, 9.17) is 9.84 Å². The van der Waals surface area contributed by atoms with Crippen molar-refractivity contribution < 1.29 is 14.2 Å². The summed E-state index contributed by atoms with van der Waals surface area (Å²) in [6.45, 7) is 2.12. The molecule has 0 aliphatic rings. The predicted molar refractivity (Wildman–Crippen MR) is 68.1 cm³/mol. The van der Waals surface area contributed by atoms with E-state index in [1.54, 1.807) is 17.4 Å². The van der Waals surface area contributed by atoms with Crippen LogP contribution in [0.4, 0.5) is 4.39 Å². The third kappa shape index (κ3) is 3.05. The number of aryl methyl sites for hydroxylation is 1. The van der Waals surface area contributed by atoms with Crippen LogP contribution in [0.2, 0.25) is 0 Å². The molecule has 5 heteroatoms. The van der Waals surface area contributed by atoms with Crippen molar-refractivity contribution in [3.05, 3.63) is 45.7 Å². The molecule has 1 aromatic heterocycles. The summed E-state index contributed by atoms with van der Waals surface area (Å²) in [6.07, 6.45) is 0.893. The van der Waals surface area contributed by atoms with Gasteiger partial charge in [0, 0.05) is 5.38 Å². The molecule has 0 saturated carbocycles. The Morgan fingerprint density at radius 1 is 1.44 bits per heavy atom. The highest BCUT2D eigenvalue weighted by Gasteiger charge is 2.06. The average Bonchev–Trinajstić information content (AvgIpc) is 2.85. The van der Waals surface area contributed by atoms with Crippen molar-refractivity contribution in [3.8, 4) is 5.75 Å². The zero-order valence-electron chi connectivity index (χ0n) is 10.0. The first kappa shape index (κ1) is 13.0. The molecule has 96 valence electrons. The van der Waals surface area contributed by atoms with E-state index in [0.717, 1.165) is 17.1 Å². The van der Waals surface area contributed by atoms with Crippen LogP contribution in [0.25, 0.3) is 0 Å². The second-order valence-electron chi connectivity index (χ2n) is 3.80. The van der Waals surface area contributed by atoms with Crippen LogP contribution < -0.4 is 4.74 Å². The molecule has 1 aromatic carbocycles. The summed E-state index contributed by atoms with van der Waals surface area (Å²) in [4.78, 5) is 4.34. The highest BCUT2D eigenvalue weighted by molar-refractivity contribution is 7.09. The van der Waals surface area contributed by atoms with Crippen LogP contribution in [0.3, 0.4) is 0 Å². The van der Waals surface area contributed by atoms with E-state index in [-0.39, 0.29) is 19.0 Å². The van der Waals surface area contributed by atoms with Crippen molar-refractivity contribution in [3.63, 3.8) is 0 Å². The molecule has 2 aromatic rings. The number of ether oxygens (including phenoxy) is 1. The number of rotatable bonds is 5. The van der Waals surface area contributed by atoms with Gasteiger partial charge in [0.05, 0.1) is 17.3 Å². The van der Waals surface area contributed by atoms with Crippen molar-refractivity contribution in [2.24, 2.45) is 0 Å². The zero-order chi connectivity index (χ0) is 13.0. The van der Waals surface area contributed by atoms with E-state index in [1.807, 2.05) is 12.3 Å². The van der Waals surface area contributed by atoms with Crippen LogP contribution >= 0.6 is 11.3 Å². The number of benzene rings is 1. The fourth-order valence-corrected chi connectivity index (χ4v) is 2.22. The van der Waals surface area contributed by atoms with E-state index < -0.39 is 5.82 Å². The Balaban J connectivity index is 2.01. The number of halogens is 1. The lowest BCUT2D eigenvalue weighted by molar-refractivity contribution is 0.275. The first-order chi connectivity index (χ1) is 8.72. The van der Waals surface area contributed by atoms with Gasteiger partial charge >= 0.3 is 0 Å². The van der Waals surface area contributed by atoms with Gasteiger partial charge < -0.3 is 9.84 Å². The van der Waals surface area contributed by atoms with Gasteiger partial charge in [0.25, 0.3) is 0 Å². The summed E-state index contributed by atoms with van der Waals surface area (Å²) < 4.78 is 18.9. The van der Waals surface area contributed by atoms with E-state index in [2.05, 4.69) is 4.98 Å². The van der Waals surface area contributed by atoms with Gasteiger partial charge in [-0.05, 0) is 24.1 Å². The maximum absolute atomic E-state index is 13.6. The Hall–Kier alpha value is -1.46. The van der Waals surface area contributed by atoms with Gasteiger partial charge in [0.2, 0.25) is 0 Å². The number of aromatic nitrogens is 1. The predicted octanol–water partition coefficient (Wildman–Crippen LogP) is 2.92. The Morgan fingerprint density at radius 3 is 2.89 bits per heavy atom. The maximum Gasteiger partial charge on any atom is 0.165 e. The molecule has 18 heavy (non-hydrogen) atoms. The van der Waals surface area contributed by atoms with Crippen LogP contribution in [-0.4, -0.2) is 10.1 Å². The molecular formula is C13H14FNO2S. The summed E-state index contributed by atoms with van der Waals surface area (Å²) in [5.41, 5.74) is 1.34. The fourth-order valence-electron chi connectivity index (χ4n) is 1.49. The SMILES string of the molecule is CCc1nc(COc2ccc(CO)cc2F)cs1. The molecule has 0 spiro atoms. The Bertz CT molecular complexity index is 527. The quantitative estimate of drug-likeness (QED) is 0.905. The lowest BCUT2D eigenvalue weighted by Crippen LogP contribution is -1.99. The van der Waals surface area contributed by atoms with Gasteiger partial charge in [-0.3, -0.25) is 0 Å². The van der Waals surface area contributed by atoms with E-state index in [1.165, 1.54) is 12.1 Å². The van der Waals surface area contributed by atoms with Crippen molar-refractivity contribution in [1.29, 1.82) is 0 Å². The monoisotopic (exact) mass is 267 g/mol. The van der Waals surface area contributed by atoms with Gasteiger partial charge in [-0.2, -0.15) is 0 Å². The minimum Gasteiger partial charge on any atom is -0.484 e. The standard InChI is InChI=1S/C13H14FNO2S/c1-2-13-15-10(8-18-13)7-17-12-4-3-9(6-16)5-11(12)14/h3-5,8,16H,2,6-7H2,1H3. The lowest BCUT2D eigenvalue weighted by atomic mass is 10.2. The normalized spacial score (nSPS) is 10.6. The Morgan fingerprint density at radius 2 is 2.28 bits per heavy atom. The van der Waals surface area contributed by atoms with Crippen LogP contribution in [0.1, 0.15) is 23.2 Å². The molecule has 3 nitrogen and oxygen atoms in total. The smallest absolute Gasteiger partial charge is 0.165 e. The summed E-state index contributed by atoms with van der Waals surface area (Å²) in [6, 6.07) is 4.43. The summed E-state index contributed by atoms with van der Waals surface area (Å²) in [5.74, 6) is -0.286. The Labute approximate surface area is 109 Å². The van der Waals surface area contributed by atoms with E-state index >= 15 is 0 Å². The van der Waals surface area contributed by atoms with Gasteiger partial charge in [-0.1, -0.05) is 13.0 Å². The molecule has 0 atom stereocenters. The van der Waals surface area contributed by atoms with Crippen LogP contribution in [0.5, 0.6) is 5.75 Å². The zero-order valence-corrected chi connectivity index (χ0v) is 10.8. The number of aliphatic hydroxyl groups excluding tert-OH is 1. The number of aliphatic hydroxyl groups is 1. The highest BCUT2D eigenvalue weighted by atomic mass is 32.1. The Kier molecular flexibility index (Phi) is 4.28. The number of thiazole rings is 1. The molecule has 1 N–H and O–H groups in total. The second kappa shape index (κ2) is 5.93. The summed E-state index contributed by atoms with van der Waals surface area (Å²) in [5, 5.41) is 11.8. The maximum atomic E-state index is 13.6. The van der Waals surface area contributed by atoms with Crippen molar-refractivity contribution in [1.82, 2.24) is 4.98 Å². The van der Waals surface area contributed by atoms with Gasteiger partial charge in [0.15, 0.2) is 11.6 Å². The second-order valence-corrected chi connectivity index (χ2v) is 4.74. The molecule has 0 saturated heterocycles. The van der Waals surface area contributed by atoms with Crippen LogP contribution in [0, 0.1) is 5.82 Å². The molecule has 0 aliphatic carbocycles. The molecule has 2 rings (SSSR count). The van der Waals surface area contributed by atoms with Crippen molar-refractivity contribution in [2.45, 2.75) is 26.6 Å². The average molecular weight is 267 g/mol. The molecule has 0 bridgehead atoms. The van der Waals surface area contributed by atoms with Crippen molar-refractivity contribution in [2.75, 3.05) is 0 Å². The van der Waals surface area contributed by atoms with Gasteiger partial charge in [-0.25, -0.2) is 9.37 Å². The molecule has 0 amide bonds. The lowest BCUT2D eigenvalue weighted by Gasteiger charge is -2.06. The topological polar surface area (TPSA) is 42.4 Å². The largest absolute Gasteiger partial charge is 0.484 e. The fraction of sp³-hybridized carbons (Fsp3) is 0.308. The van der Waals surface area contributed by atoms with Crippen LogP contribution in [0.15, 0.2) is 23.6 Å². The molecule has 0 radical (unpaired) electrons. The first-order valence-electron chi connectivity index (χ1n) is 5.68. The van der Waals surface area contributed by atoms with Crippen LogP contribution in [-0.2, 0) is 19.6 Å². The van der Waals surface area contributed by atoms with Crippen molar-refractivity contribution >= 4 is 11.3 Å². The molecule has 0 fully saturated rings. The molecule has 1 heterocycles. The minimum absolute atomic E-state index is 0.177. The number of nitrogens with zero attached hydrogens (tertiary/aromatic N) is 1. The molecule has 0 aliphatic heterocycles. The van der Waals surface area contributed by atoms with E-state index in [9.17, 15) is 4.39 Å². The number of hydrogen-bond donors (Lipinski definition) is 1. The third-order valence-corrected chi connectivity index (χ3v) is 3.50. The summed E-state index contributed by atoms with van der Waals surface area (Å²) in [7, 11) is 0. The van der Waals surface area contributed by atoms with Gasteiger partial charge in [-0.15, -0.1) is 11.3 Å². The first-order valence-corrected chi connectivity index (χ1v) is 6.56. The van der Waals surface area contributed by atoms with E-state index in [0.29, 0.717) is 5.56 Å². The summed E-state index contributed by atoms with van der Waals surface area (Å²) >= 11 is 1.58. The molecular weight excluding hydrogens is 253 g/mol. The molecule has 0 unspecified atom stereocenters. The highest BCUT2D eigenvalue weighted by Crippen LogP contribution is 2.20. The van der Waals surface area contributed by atoms with Gasteiger partial charge in [0.1, 0.15) is 6.61 Å². The number of hydrogen-bond acceptors (Lipinski definition) is 4. The minimum atomic E-state index is -0.465.